The lowest BCUT2D eigenvalue weighted by molar-refractivity contribution is 0.195. The number of hydrogen-bond donors (Lipinski definition) is 2. The van der Waals surface area contributed by atoms with Gasteiger partial charge in [0.25, 0.3) is 0 Å². The van der Waals surface area contributed by atoms with Crippen LogP contribution < -0.4 is 20.1 Å². The highest BCUT2D eigenvalue weighted by atomic mass is 16.5. The van der Waals surface area contributed by atoms with Crippen molar-refractivity contribution >= 4 is 5.96 Å². The number of pyridine rings is 1. The Hall–Kier alpha value is -2.80. The maximum absolute atomic E-state index is 5.82. The summed E-state index contributed by atoms with van der Waals surface area (Å²) in [5.74, 6) is 2.82. The summed E-state index contributed by atoms with van der Waals surface area (Å²) >= 11 is 0. The minimum Gasteiger partial charge on any atom is -0.494 e. The fourth-order valence-corrected chi connectivity index (χ4v) is 2.34. The molecule has 0 saturated heterocycles. The zero-order valence-corrected chi connectivity index (χ0v) is 16.2. The molecule has 7 heteroatoms. The van der Waals surface area contributed by atoms with E-state index in [4.69, 9.17) is 14.2 Å². The second-order valence-electron chi connectivity index (χ2n) is 5.71. The number of nitrogens with zero attached hydrogens (tertiary/aromatic N) is 2. The van der Waals surface area contributed by atoms with Crippen molar-refractivity contribution in [1.29, 1.82) is 0 Å². The van der Waals surface area contributed by atoms with E-state index in [2.05, 4.69) is 20.6 Å². The summed E-state index contributed by atoms with van der Waals surface area (Å²) < 4.78 is 16.3. The van der Waals surface area contributed by atoms with E-state index in [-0.39, 0.29) is 0 Å². The molecule has 0 unspecified atom stereocenters. The first kappa shape index (κ1) is 20.5. The molecule has 1 aromatic carbocycles. The zero-order valence-electron chi connectivity index (χ0n) is 16.2. The van der Waals surface area contributed by atoms with Gasteiger partial charge in [0.15, 0.2) is 5.96 Å². The van der Waals surface area contributed by atoms with Crippen molar-refractivity contribution in [2.45, 2.75) is 19.9 Å². The molecule has 146 valence electrons. The van der Waals surface area contributed by atoms with Crippen molar-refractivity contribution in [2.75, 3.05) is 33.9 Å². The number of aromatic nitrogens is 1. The number of ether oxygens (including phenoxy) is 3. The van der Waals surface area contributed by atoms with Gasteiger partial charge in [0.05, 0.1) is 6.61 Å². The second kappa shape index (κ2) is 11.7. The van der Waals surface area contributed by atoms with Crippen LogP contribution in [0, 0.1) is 0 Å². The number of guanidine groups is 1. The summed E-state index contributed by atoms with van der Waals surface area (Å²) in [5, 5.41) is 6.52. The third-order valence-electron chi connectivity index (χ3n) is 3.66. The van der Waals surface area contributed by atoms with Crippen LogP contribution in [0.3, 0.4) is 0 Å². The van der Waals surface area contributed by atoms with Crippen LogP contribution in [0.1, 0.15) is 18.9 Å². The van der Waals surface area contributed by atoms with Gasteiger partial charge < -0.3 is 24.8 Å². The first-order valence-electron chi connectivity index (χ1n) is 9.04. The molecule has 0 spiro atoms. The minimum atomic E-state index is 0.543. The predicted octanol–water partition coefficient (Wildman–Crippen LogP) is 2.97. The number of methoxy groups -OCH3 is 1. The fraction of sp³-hybridized carbons (Fsp3) is 0.400. The van der Waals surface area contributed by atoms with Crippen LogP contribution in [-0.2, 0) is 11.3 Å². The van der Waals surface area contributed by atoms with Crippen LogP contribution in [0.5, 0.6) is 17.4 Å². The molecule has 1 aromatic heterocycles. The summed E-state index contributed by atoms with van der Waals surface area (Å²) in [6.45, 7) is 4.74. The Balaban J connectivity index is 1.87. The highest BCUT2D eigenvalue weighted by molar-refractivity contribution is 5.79. The van der Waals surface area contributed by atoms with Gasteiger partial charge in [0, 0.05) is 46.1 Å². The van der Waals surface area contributed by atoms with E-state index in [9.17, 15) is 0 Å². The summed E-state index contributed by atoms with van der Waals surface area (Å²) in [6, 6.07) is 11.3. The molecule has 1 heterocycles. The first-order chi connectivity index (χ1) is 13.2. The summed E-state index contributed by atoms with van der Waals surface area (Å²) in [6.07, 6.45) is 2.65. The van der Waals surface area contributed by atoms with Crippen molar-refractivity contribution in [3.8, 4) is 17.4 Å². The molecule has 0 atom stereocenters. The molecule has 0 fully saturated rings. The van der Waals surface area contributed by atoms with Crippen LogP contribution in [0.15, 0.2) is 47.6 Å². The van der Waals surface area contributed by atoms with Gasteiger partial charge in [-0.3, -0.25) is 4.99 Å². The van der Waals surface area contributed by atoms with Crippen molar-refractivity contribution in [3.05, 3.63) is 48.2 Å². The Morgan fingerprint density at radius 1 is 1.11 bits per heavy atom. The highest BCUT2D eigenvalue weighted by Crippen LogP contribution is 2.23. The molecule has 0 amide bonds. The Bertz CT molecular complexity index is 705. The minimum absolute atomic E-state index is 0.543. The van der Waals surface area contributed by atoms with Crippen molar-refractivity contribution in [1.82, 2.24) is 15.6 Å². The number of hydrogen-bond acceptors (Lipinski definition) is 5. The van der Waals surface area contributed by atoms with Gasteiger partial charge in [-0.05, 0) is 49.2 Å². The number of rotatable bonds is 10. The van der Waals surface area contributed by atoms with Gasteiger partial charge in [-0.15, -0.1) is 0 Å². The van der Waals surface area contributed by atoms with Crippen LogP contribution in [0.25, 0.3) is 0 Å². The van der Waals surface area contributed by atoms with E-state index in [1.54, 1.807) is 20.4 Å². The lowest BCUT2D eigenvalue weighted by Crippen LogP contribution is -2.37. The third-order valence-corrected chi connectivity index (χ3v) is 3.66. The molecule has 2 aromatic rings. The topological polar surface area (TPSA) is 77.0 Å². The van der Waals surface area contributed by atoms with E-state index in [0.29, 0.717) is 24.8 Å². The number of aliphatic imine (C=N–C) groups is 1. The molecular formula is C20H28N4O3. The molecule has 27 heavy (non-hydrogen) atoms. The number of nitrogens with one attached hydrogen (secondary N) is 2. The smallest absolute Gasteiger partial charge is 0.219 e. The van der Waals surface area contributed by atoms with Gasteiger partial charge >= 0.3 is 0 Å². The fourth-order valence-electron chi connectivity index (χ4n) is 2.34. The van der Waals surface area contributed by atoms with E-state index < -0.39 is 0 Å². The van der Waals surface area contributed by atoms with Gasteiger partial charge in [-0.25, -0.2) is 4.98 Å². The molecule has 2 rings (SSSR count). The van der Waals surface area contributed by atoms with E-state index >= 15 is 0 Å². The van der Waals surface area contributed by atoms with Gasteiger partial charge in [0.2, 0.25) is 5.88 Å². The second-order valence-corrected chi connectivity index (χ2v) is 5.71. The maximum Gasteiger partial charge on any atom is 0.219 e. The van der Waals surface area contributed by atoms with Gasteiger partial charge in [-0.1, -0.05) is 0 Å². The Labute approximate surface area is 160 Å². The molecule has 2 N–H and O–H groups in total. The maximum atomic E-state index is 5.82. The highest BCUT2D eigenvalue weighted by Gasteiger charge is 2.03. The van der Waals surface area contributed by atoms with Crippen LogP contribution >= 0.6 is 0 Å². The predicted molar refractivity (Wildman–Crippen MR) is 107 cm³/mol. The lowest BCUT2D eigenvalue weighted by Gasteiger charge is -2.12. The molecule has 0 aliphatic heterocycles. The van der Waals surface area contributed by atoms with E-state index in [1.165, 1.54) is 0 Å². The molecule has 0 bridgehead atoms. The normalized spacial score (nSPS) is 11.1. The summed E-state index contributed by atoms with van der Waals surface area (Å²) in [4.78, 5) is 8.48. The zero-order chi connectivity index (χ0) is 19.3. The Kier molecular flexibility index (Phi) is 8.92. The van der Waals surface area contributed by atoms with Gasteiger partial charge in [-0.2, -0.15) is 0 Å². The largest absolute Gasteiger partial charge is 0.494 e. The van der Waals surface area contributed by atoms with Crippen LogP contribution in [0.2, 0.25) is 0 Å². The molecule has 7 nitrogen and oxygen atoms in total. The lowest BCUT2D eigenvalue weighted by atomic mass is 10.2. The quantitative estimate of drug-likeness (QED) is 0.379. The molecule has 0 radical (unpaired) electrons. The molecule has 0 aliphatic rings. The Morgan fingerprint density at radius 3 is 2.59 bits per heavy atom. The number of benzene rings is 1. The summed E-state index contributed by atoms with van der Waals surface area (Å²) in [5.41, 5.74) is 1.05. The Morgan fingerprint density at radius 2 is 1.89 bits per heavy atom. The van der Waals surface area contributed by atoms with Crippen molar-refractivity contribution < 1.29 is 14.2 Å². The molecule has 0 saturated carbocycles. The SMILES string of the molecule is CCOc1ccc(Oc2cc(CNC(=NC)NCCCOC)ccn2)cc1. The average Bonchev–Trinajstić information content (AvgIpc) is 2.69. The third kappa shape index (κ3) is 7.53. The average molecular weight is 372 g/mol. The van der Waals surface area contributed by atoms with E-state index in [0.717, 1.165) is 36.8 Å². The summed E-state index contributed by atoms with van der Waals surface area (Å²) in [7, 11) is 3.45. The van der Waals surface area contributed by atoms with Gasteiger partial charge in [0.1, 0.15) is 11.5 Å². The van der Waals surface area contributed by atoms with Crippen molar-refractivity contribution in [2.24, 2.45) is 4.99 Å². The molecular weight excluding hydrogens is 344 g/mol. The van der Waals surface area contributed by atoms with Crippen LogP contribution in [-0.4, -0.2) is 44.9 Å². The van der Waals surface area contributed by atoms with Crippen LogP contribution in [0.4, 0.5) is 0 Å². The standard InChI is InChI=1S/C20H28N4O3/c1-4-26-17-6-8-18(9-7-17)27-19-14-16(10-12-22-19)15-24-20(21-2)23-11-5-13-25-3/h6-10,12,14H,4-5,11,13,15H2,1-3H3,(H2,21,23,24). The van der Waals surface area contributed by atoms with Crippen molar-refractivity contribution in [3.63, 3.8) is 0 Å². The first-order valence-corrected chi connectivity index (χ1v) is 9.04. The van der Waals surface area contributed by atoms with E-state index in [1.807, 2.05) is 43.3 Å². The monoisotopic (exact) mass is 372 g/mol. The molecule has 0 aliphatic carbocycles.